The van der Waals surface area contributed by atoms with Crippen LogP contribution in [0.25, 0.3) is 0 Å². The number of rotatable bonds is 3. The molecule has 2 rings (SSSR count). The Morgan fingerprint density at radius 2 is 2.12 bits per heavy atom. The third-order valence-electron chi connectivity index (χ3n) is 2.49. The standard InChI is InChI=1S/C12H15N3O/c1-9-4-5-11(10(2)6-9)16-7-12-13-8-14-15(12)3/h4-6,8H,7H2,1-3H3. The lowest BCUT2D eigenvalue weighted by atomic mass is 10.1. The first-order valence-corrected chi connectivity index (χ1v) is 5.20. The van der Waals surface area contributed by atoms with E-state index in [4.69, 9.17) is 4.74 Å². The highest BCUT2D eigenvalue weighted by Crippen LogP contribution is 2.19. The Hall–Kier alpha value is -1.84. The zero-order valence-electron chi connectivity index (χ0n) is 9.77. The third-order valence-corrected chi connectivity index (χ3v) is 2.49. The summed E-state index contributed by atoms with van der Waals surface area (Å²) in [5, 5.41) is 3.99. The van der Waals surface area contributed by atoms with Crippen molar-refractivity contribution in [1.82, 2.24) is 14.8 Å². The van der Waals surface area contributed by atoms with Gasteiger partial charge in [0.15, 0.2) is 5.82 Å². The maximum atomic E-state index is 5.69. The van der Waals surface area contributed by atoms with Gasteiger partial charge in [0.05, 0.1) is 0 Å². The smallest absolute Gasteiger partial charge is 0.164 e. The van der Waals surface area contributed by atoms with Gasteiger partial charge in [-0.15, -0.1) is 0 Å². The molecule has 2 aromatic rings. The minimum atomic E-state index is 0.445. The highest BCUT2D eigenvalue weighted by atomic mass is 16.5. The number of hydrogen-bond acceptors (Lipinski definition) is 3. The van der Waals surface area contributed by atoms with Crippen molar-refractivity contribution in [2.75, 3.05) is 0 Å². The molecule has 0 amide bonds. The van der Waals surface area contributed by atoms with E-state index in [0.29, 0.717) is 6.61 Å². The summed E-state index contributed by atoms with van der Waals surface area (Å²) >= 11 is 0. The van der Waals surface area contributed by atoms with Crippen molar-refractivity contribution in [3.8, 4) is 5.75 Å². The van der Waals surface area contributed by atoms with Crippen molar-refractivity contribution in [3.05, 3.63) is 41.5 Å². The Bertz CT molecular complexity index is 491. The Balaban J connectivity index is 2.08. The topological polar surface area (TPSA) is 39.9 Å². The van der Waals surface area contributed by atoms with E-state index in [0.717, 1.165) is 17.1 Å². The molecule has 0 atom stereocenters. The Morgan fingerprint density at radius 3 is 2.75 bits per heavy atom. The number of aromatic nitrogens is 3. The van der Waals surface area contributed by atoms with Gasteiger partial charge in [-0.2, -0.15) is 5.10 Å². The van der Waals surface area contributed by atoms with E-state index >= 15 is 0 Å². The average Bonchev–Trinajstić information content (AvgIpc) is 2.63. The van der Waals surface area contributed by atoms with Gasteiger partial charge in [0.25, 0.3) is 0 Å². The van der Waals surface area contributed by atoms with E-state index in [9.17, 15) is 0 Å². The zero-order valence-corrected chi connectivity index (χ0v) is 9.77. The van der Waals surface area contributed by atoms with Crippen LogP contribution >= 0.6 is 0 Å². The molecule has 1 heterocycles. The molecule has 0 aliphatic carbocycles. The van der Waals surface area contributed by atoms with E-state index < -0.39 is 0 Å². The molecule has 0 N–H and O–H groups in total. The molecule has 16 heavy (non-hydrogen) atoms. The van der Waals surface area contributed by atoms with Crippen molar-refractivity contribution in [1.29, 1.82) is 0 Å². The lowest BCUT2D eigenvalue weighted by Crippen LogP contribution is -2.05. The minimum absolute atomic E-state index is 0.445. The van der Waals surface area contributed by atoms with Gasteiger partial charge in [0.1, 0.15) is 18.7 Å². The molecule has 0 aliphatic heterocycles. The van der Waals surface area contributed by atoms with Gasteiger partial charge in [0.2, 0.25) is 0 Å². The molecular weight excluding hydrogens is 202 g/mol. The second kappa shape index (κ2) is 4.35. The SMILES string of the molecule is Cc1ccc(OCc2ncnn2C)c(C)c1. The van der Waals surface area contributed by atoms with E-state index in [-0.39, 0.29) is 0 Å². The molecule has 0 unspecified atom stereocenters. The largest absolute Gasteiger partial charge is 0.485 e. The predicted octanol–water partition coefficient (Wildman–Crippen LogP) is 2.01. The van der Waals surface area contributed by atoms with Crippen molar-refractivity contribution < 1.29 is 4.74 Å². The average molecular weight is 217 g/mol. The van der Waals surface area contributed by atoms with Crippen molar-refractivity contribution in [2.24, 2.45) is 7.05 Å². The molecule has 4 nitrogen and oxygen atoms in total. The molecule has 0 bridgehead atoms. The fourth-order valence-corrected chi connectivity index (χ4v) is 1.55. The van der Waals surface area contributed by atoms with E-state index in [2.05, 4.69) is 23.1 Å². The molecule has 0 aliphatic rings. The lowest BCUT2D eigenvalue weighted by molar-refractivity contribution is 0.288. The van der Waals surface area contributed by atoms with Crippen LogP contribution in [0.1, 0.15) is 17.0 Å². The Labute approximate surface area is 94.9 Å². The molecule has 0 saturated heterocycles. The molecule has 84 valence electrons. The van der Waals surface area contributed by atoms with Crippen molar-refractivity contribution >= 4 is 0 Å². The van der Waals surface area contributed by atoms with Crippen LogP contribution in [0.4, 0.5) is 0 Å². The Kier molecular flexibility index (Phi) is 2.90. The van der Waals surface area contributed by atoms with Gasteiger partial charge in [-0.3, -0.25) is 4.68 Å². The van der Waals surface area contributed by atoms with Crippen LogP contribution < -0.4 is 4.74 Å². The summed E-state index contributed by atoms with van der Waals surface area (Å²) in [5.41, 5.74) is 2.38. The van der Waals surface area contributed by atoms with E-state index in [1.54, 1.807) is 4.68 Å². The van der Waals surface area contributed by atoms with Crippen LogP contribution in [0, 0.1) is 13.8 Å². The van der Waals surface area contributed by atoms with Crippen LogP contribution in [0.15, 0.2) is 24.5 Å². The summed E-state index contributed by atoms with van der Waals surface area (Å²) in [5.74, 6) is 1.72. The number of benzene rings is 1. The summed E-state index contributed by atoms with van der Waals surface area (Å²) in [4.78, 5) is 4.10. The number of nitrogens with zero attached hydrogens (tertiary/aromatic N) is 3. The molecule has 0 fully saturated rings. The van der Waals surface area contributed by atoms with Gasteiger partial charge >= 0.3 is 0 Å². The van der Waals surface area contributed by atoms with E-state index in [1.165, 1.54) is 11.9 Å². The molecule has 4 heteroatoms. The van der Waals surface area contributed by atoms with Gasteiger partial charge in [-0.05, 0) is 25.5 Å². The molecule has 1 aromatic heterocycles. The van der Waals surface area contributed by atoms with Gasteiger partial charge in [0, 0.05) is 7.05 Å². The van der Waals surface area contributed by atoms with Crippen LogP contribution in [0.3, 0.4) is 0 Å². The molecule has 1 aromatic carbocycles. The minimum Gasteiger partial charge on any atom is -0.485 e. The van der Waals surface area contributed by atoms with Crippen LogP contribution in [0.2, 0.25) is 0 Å². The molecule has 0 radical (unpaired) electrons. The first-order chi connectivity index (χ1) is 7.66. The fourth-order valence-electron chi connectivity index (χ4n) is 1.55. The van der Waals surface area contributed by atoms with Crippen molar-refractivity contribution in [2.45, 2.75) is 20.5 Å². The van der Waals surface area contributed by atoms with Crippen molar-refractivity contribution in [3.63, 3.8) is 0 Å². The first-order valence-electron chi connectivity index (χ1n) is 5.20. The highest BCUT2D eigenvalue weighted by Gasteiger charge is 2.03. The summed E-state index contributed by atoms with van der Waals surface area (Å²) < 4.78 is 7.41. The summed E-state index contributed by atoms with van der Waals surface area (Å²) in [7, 11) is 1.85. The third kappa shape index (κ3) is 2.21. The quantitative estimate of drug-likeness (QED) is 0.789. The van der Waals surface area contributed by atoms with Crippen LogP contribution in [0.5, 0.6) is 5.75 Å². The molecular formula is C12H15N3O. The lowest BCUT2D eigenvalue weighted by Gasteiger charge is -2.08. The van der Waals surface area contributed by atoms with Gasteiger partial charge < -0.3 is 4.74 Å². The molecule has 0 saturated carbocycles. The normalized spacial score (nSPS) is 10.4. The van der Waals surface area contributed by atoms with E-state index in [1.807, 2.05) is 26.1 Å². The number of ether oxygens (including phenoxy) is 1. The maximum Gasteiger partial charge on any atom is 0.164 e. The highest BCUT2D eigenvalue weighted by molar-refractivity contribution is 5.35. The summed E-state index contributed by atoms with van der Waals surface area (Å²) in [6.07, 6.45) is 1.53. The summed E-state index contributed by atoms with van der Waals surface area (Å²) in [6.45, 7) is 4.55. The van der Waals surface area contributed by atoms with Crippen LogP contribution in [-0.2, 0) is 13.7 Å². The zero-order chi connectivity index (χ0) is 11.5. The summed E-state index contributed by atoms with van der Waals surface area (Å²) in [6, 6.07) is 6.13. The maximum absolute atomic E-state index is 5.69. The van der Waals surface area contributed by atoms with Gasteiger partial charge in [-0.1, -0.05) is 17.7 Å². The monoisotopic (exact) mass is 217 g/mol. The van der Waals surface area contributed by atoms with Crippen LogP contribution in [-0.4, -0.2) is 14.8 Å². The second-order valence-corrected chi connectivity index (χ2v) is 3.86. The first kappa shape index (κ1) is 10.7. The number of aryl methyl sites for hydroxylation is 3. The molecule has 0 spiro atoms. The van der Waals surface area contributed by atoms with Gasteiger partial charge in [-0.25, -0.2) is 4.98 Å². The Morgan fingerprint density at radius 1 is 1.31 bits per heavy atom. The predicted molar refractivity (Wildman–Crippen MR) is 61.3 cm³/mol. The second-order valence-electron chi connectivity index (χ2n) is 3.86. The fraction of sp³-hybridized carbons (Fsp3) is 0.333. The number of hydrogen-bond donors (Lipinski definition) is 0.